The van der Waals surface area contributed by atoms with E-state index >= 15 is 0 Å². The first-order valence-corrected chi connectivity index (χ1v) is 10.4. The van der Waals surface area contributed by atoms with Crippen LogP contribution in [-0.2, 0) is 16.1 Å². The molecule has 0 bridgehead atoms. The van der Waals surface area contributed by atoms with E-state index in [-0.39, 0.29) is 5.91 Å². The Bertz CT molecular complexity index is 1170. The first-order chi connectivity index (χ1) is 15.6. The summed E-state index contributed by atoms with van der Waals surface area (Å²) in [6.45, 7) is 3.77. The summed E-state index contributed by atoms with van der Waals surface area (Å²) in [6, 6.07) is 16.8. The number of ether oxygens (including phenoxy) is 1. The smallest absolute Gasteiger partial charge is 0.337 e. The predicted molar refractivity (Wildman–Crippen MR) is 125 cm³/mol. The molecule has 0 fully saturated rings. The van der Waals surface area contributed by atoms with E-state index < -0.39 is 5.97 Å². The highest BCUT2D eigenvalue weighted by molar-refractivity contribution is 6.37. The van der Waals surface area contributed by atoms with Crippen molar-refractivity contribution in [1.82, 2.24) is 10.3 Å². The number of rotatable bonds is 7. The maximum atomic E-state index is 13.0. The van der Waals surface area contributed by atoms with Gasteiger partial charge in [0, 0.05) is 35.8 Å². The van der Waals surface area contributed by atoms with Crippen molar-refractivity contribution in [3.05, 3.63) is 89.2 Å². The molecule has 0 saturated heterocycles. The molecule has 0 saturated carbocycles. The molecule has 0 radical (unpaired) electrons. The lowest BCUT2D eigenvalue weighted by Crippen LogP contribution is -2.12. The van der Waals surface area contributed by atoms with E-state index in [0.717, 1.165) is 24.3 Å². The van der Waals surface area contributed by atoms with Crippen molar-refractivity contribution in [2.75, 3.05) is 24.3 Å². The molecule has 0 aliphatic carbocycles. The highest BCUT2D eigenvalue weighted by atomic mass is 16.5. The van der Waals surface area contributed by atoms with Crippen molar-refractivity contribution in [2.45, 2.75) is 13.5 Å². The van der Waals surface area contributed by atoms with Gasteiger partial charge in [-0.05, 0) is 48.5 Å². The van der Waals surface area contributed by atoms with Crippen molar-refractivity contribution in [2.24, 2.45) is 0 Å². The van der Waals surface area contributed by atoms with Gasteiger partial charge in [0.1, 0.15) is 0 Å². The number of amides is 1. The molecule has 1 amide bonds. The van der Waals surface area contributed by atoms with Crippen molar-refractivity contribution in [3.63, 3.8) is 0 Å². The van der Waals surface area contributed by atoms with Gasteiger partial charge in [0.15, 0.2) is 0 Å². The fourth-order valence-corrected chi connectivity index (χ4v) is 3.58. The van der Waals surface area contributed by atoms with Crippen molar-refractivity contribution < 1.29 is 14.3 Å². The summed E-state index contributed by atoms with van der Waals surface area (Å²) in [5, 5.41) is 9.57. The highest BCUT2D eigenvalue weighted by Gasteiger charge is 2.29. The lowest BCUT2D eigenvalue weighted by atomic mass is 9.99. The summed E-state index contributed by atoms with van der Waals surface area (Å²) >= 11 is 0. The standard InChI is InChI=1S/C25H24N4O3/c1-3-26-14-16-6-9-19(10-7-16)28-23(18-5-4-12-27-15-18)22-20-11-8-17(25(31)32-2)13-21(20)29-24(22)30/h4-13,15,26,28H,3,14H2,1-2H3,(H,29,30). The summed E-state index contributed by atoms with van der Waals surface area (Å²) < 4.78 is 4.79. The number of carbonyl (C=O) groups is 2. The lowest BCUT2D eigenvalue weighted by molar-refractivity contribution is -0.110. The zero-order valence-electron chi connectivity index (χ0n) is 17.9. The Balaban J connectivity index is 1.76. The third-order valence-electron chi connectivity index (χ3n) is 5.19. The number of esters is 1. The number of fused-ring (bicyclic) bond motifs is 1. The van der Waals surface area contributed by atoms with Crippen LogP contribution in [0.5, 0.6) is 0 Å². The summed E-state index contributed by atoms with van der Waals surface area (Å²) in [5.41, 5.74) is 5.58. The zero-order valence-corrected chi connectivity index (χ0v) is 17.9. The van der Waals surface area contributed by atoms with Gasteiger partial charge in [-0.25, -0.2) is 4.79 Å². The van der Waals surface area contributed by atoms with Crippen LogP contribution in [0.2, 0.25) is 0 Å². The molecule has 1 aliphatic heterocycles. The van der Waals surface area contributed by atoms with Crippen LogP contribution in [0.1, 0.15) is 34.0 Å². The first kappa shape index (κ1) is 21.3. The summed E-state index contributed by atoms with van der Waals surface area (Å²) in [6.07, 6.45) is 3.40. The number of carbonyl (C=O) groups excluding carboxylic acids is 2. The average Bonchev–Trinajstić information content (AvgIpc) is 3.16. The molecule has 4 rings (SSSR count). The Kier molecular flexibility index (Phi) is 6.28. The molecule has 3 N–H and O–H groups in total. The third-order valence-corrected chi connectivity index (χ3v) is 5.19. The second-order valence-corrected chi connectivity index (χ2v) is 7.30. The minimum Gasteiger partial charge on any atom is -0.465 e. The molecule has 7 heteroatoms. The molecule has 162 valence electrons. The molecule has 1 aliphatic rings. The van der Waals surface area contributed by atoms with Crippen molar-refractivity contribution in [1.29, 1.82) is 0 Å². The minimum atomic E-state index is -0.456. The number of methoxy groups -OCH3 is 1. The second kappa shape index (κ2) is 9.45. The van der Waals surface area contributed by atoms with Gasteiger partial charge in [-0.3, -0.25) is 9.78 Å². The number of pyridine rings is 1. The van der Waals surface area contributed by atoms with Crippen LogP contribution in [0.3, 0.4) is 0 Å². The van der Waals surface area contributed by atoms with E-state index in [2.05, 4.69) is 27.9 Å². The Morgan fingerprint density at radius 3 is 2.59 bits per heavy atom. The maximum Gasteiger partial charge on any atom is 0.337 e. The van der Waals surface area contributed by atoms with Crippen LogP contribution in [0.25, 0.3) is 11.3 Å². The molecule has 7 nitrogen and oxygen atoms in total. The van der Waals surface area contributed by atoms with Gasteiger partial charge < -0.3 is 20.7 Å². The van der Waals surface area contributed by atoms with Crippen LogP contribution in [-0.4, -0.2) is 30.5 Å². The fourth-order valence-electron chi connectivity index (χ4n) is 3.58. The van der Waals surface area contributed by atoms with E-state index in [1.165, 1.54) is 12.7 Å². The Morgan fingerprint density at radius 2 is 1.91 bits per heavy atom. The Labute approximate surface area is 186 Å². The van der Waals surface area contributed by atoms with E-state index in [1.807, 2.05) is 36.4 Å². The van der Waals surface area contributed by atoms with Crippen LogP contribution in [0.15, 0.2) is 67.0 Å². The molecular formula is C25H24N4O3. The second-order valence-electron chi connectivity index (χ2n) is 7.30. The fraction of sp³-hybridized carbons (Fsp3) is 0.160. The number of hydrogen-bond donors (Lipinski definition) is 3. The third kappa shape index (κ3) is 4.38. The van der Waals surface area contributed by atoms with Crippen LogP contribution in [0.4, 0.5) is 11.4 Å². The number of hydrogen-bond acceptors (Lipinski definition) is 6. The largest absolute Gasteiger partial charge is 0.465 e. The molecule has 1 aromatic heterocycles. The quantitative estimate of drug-likeness (QED) is 0.390. The summed E-state index contributed by atoms with van der Waals surface area (Å²) in [4.78, 5) is 29.1. The van der Waals surface area contributed by atoms with Crippen molar-refractivity contribution >= 4 is 34.5 Å². The average molecular weight is 428 g/mol. The topological polar surface area (TPSA) is 92.3 Å². The van der Waals surface area contributed by atoms with E-state index in [1.54, 1.807) is 30.6 Å². The molecule has 2 heterocycles. The SMILES string of the molecule is CCNCc1ccc(NC(=C2C(=O)Nc3cc(C(=O)OC)ccc32)c2cccnc2)cc1. The maximum absolute atomic E-state index is 13.0. The van der Waals surface area contributed by atoms with Crippen LogP contribution in [0, 0.1) is 0 Å². The van der Waals surface area contributed by atoms with Gasteiger partial charge in [0.05, 0.1) is 29.6 Å². The highest BCUT2D eigenvalue weighted by Crippen LogP contribution is 2.38. The van der Waals surface area contributed by atoms with Crippen molar-refractivity contribution in [3.8, 4) is 0 Å². The zero-order chi connectivity index (χ0) is 22.5. The number of anilines is 2. The summed E-state index contributed by atoms with van der Waals surface area (Å²) in [7, 11) is 1.33. The van der Waals surface area contributed by atoms with Crippen LogP contribution >= 0.6 is 0 Å². The molecule has 0 atom stereocenters. The lowest BCUT2D eigenvalue weighted by Gasteiger charge is -2.15. The van der Waals surface area contributed by atoms with Gasteiger partial charge in [0.25, 0.3) is 5.91 Å². The van der Waals surface area contributed by atoms with Gasteiger partial charge >= 0.3 is 5.97 Å². The van der Waals surface area contributed by atoms with E-state index in [0.29, 0.717) is 28.1 Å². The summed E-state index contributed by atoms with van der Waals surface area (Å²) in [5.74, 6) is -0.708. The van der Waals surface area contributed by atoms with Gasteiger partial charge in [0.2, 0.25) is 0 Å². The van der Waals surface area contributed by atoms with Gasteiger partial charge in [-0.2, -0.15) is 0 Å². The minimum absolute atomic E-state index is 0.253. The monoisotopic (exact) mass is 428 g/mol. The normalized spacial score (nSPS) is 13.9. The van der Waals surface area contributed by atoms with E-state index in [9.17, 15) is 9.59 Å². The molecule has 2 aromatic carbocycles. The first-order valence-electron chi connectivity index (χ1n) is 10.4. The molecule has 32 heavy (non-hydrogen) atoms. The number of nitrogens with zero attached hydrogens (tertiary/aromatic N) is 1. The van der Waals surface area contributed by atoms with Gasteiger partial charge in [-0.15, -0.1) is 0 Å². The predicted octanol–water partition coefficient (Wildman–Crippen LogP) is 3.91. The van der Waals surface area contributed by atoms with E-state index in [4.69, 9.17) is 4.74 Å². The molecule has 0 spiro atoms. The number of benzene rings is 2. The van der Waals surface area contributed by atoms with Crippen LogP contribution < -0.4 is 16.0 Å². The Morgan fingerprint density at radius 1 is 1.09 bits per heavy atom. The van der Waals surface area contributed by atoms with Gasteiger partial charge in [-0.1, -0.05) is 25.1 Å². The number of aromatic nitrogens is 1. The Hall–Kier alpha value is -3.97. The molecule has 3 aromatic rings. The molecular weight excluding hydrogens is 404 g/mol. The number of nitrogens with one attached hydrogen (secondary N) is 3. The molecule has 0 unspecified atom stereocenters.